The summed E-state index contributed by atoms with van der Waals surface area (Å²) < 4.78 is 16.1. The lowest BCUT2D eigenvalue weighted by Gasteiger charge is -2.20. The number of benzene rings is 11. The first kappa shape index (κ1) is 39.0. The Morgan fingerprint density at radius 1 is 0.429 bits per heavy atom. The molecule has 0 spiro atoms. The van der Waals surface area contributed by atoms with Gasteiger partial charge in [-0.1, -0.05) is 153 Å². The number of aliphatic imine (C=N–C) groups is 2. The quantitative estimate of drug-likeness (QED) is 0.177. The Hall–Kier alpha value is -9.06. The number of fused-ring (bicyclic) bond motifs is 14. The van der Waals surface area contributed by atoms with Crippen LogP contribution in [0, 0.1) is 5.92 Å². The van der Waals surface area contributed by atoms with Crippen LogP contribution in [0.4, 0.5) is 0 Å². The molecule has 0 aliphatic carbocycles. The molecule has 11 aromatic carbocycles. The average molecular weight is 896 g/mol. The molecule has 328 valence electrons. The van der Waals surface area contributed by atoms with E-state index in [4.69, 9.17) is 18.8 Å². The molecule has 4 heterocycles. The molecule has 0 amide bonds. The van der Waals surface area contributed by atoms with E-state index in [0.29, 0.717) is 5.84 Å². The second-order valence-corrected chi connectivity index (χ2v) is 18.9. The highest BCUT2D eigenvalue weighted by Gasteiger charge is 2.26. The van der Waals surface area contributed by atoms with Crippen LogP contribution in [0.25, 0.3) is 120 Å². The molecule has 0 radical (unpaired) electrons. The highest BCUT2D eigenvalue weighted by atomic mass is 16.3. The number of rotatable bonds is 4. The monoisotopic (exact) mass is 895 g/mol. The van der Waals surface area contributed by atoms with Gasteiger partial charge in [0.25, 0.3) is 0 Å². The second-order valence-electron chi connectivity index (χ2n) is 18.9. The van der Waals surface area contributed by atoms with Crippen LogP contribution in [0.2, 0.25) is 0 Å². The Bertz CT molecular complexity index is 4650. The summed E-state index contributed by atoms with van der Waals surface area (Å²) in [4.78, 5) is 11.4. The molecule has 0 bridgehead atoms. The third kappa shape index (κ3) is 5.85. The normalized spacial score (nSPS) is 15.4. The van der Waals surface area contributed by atoms with E-state index in [0.717, 1.165) is 106 Å². The molecule has 0 N–H and O–H groups in total. The highest BCUT2D eigenvalue weighted by molar-refractivity contribution is 6.27. The fourth-order valence-corrected chi connectivity index (χ4v) is 11.4. The van der Waals surface area contributed by atoms with Crippen LogP contribution in [0.5, 0.6) is 0 Å². The number of furan rings is 2. The summed E-state index contributed by atoms with van der Waals surface area (Å²) in [5, 5.41) is 16.1. The van der Waals surface area contributed by atoms with Crippen molar-refractivity contribution in [1.29, 1.82) is 0 Å². The van der Waals surface area contributed by atoms with Crippen molar-refractivity contribution in [2.24, 2.45) is 15.9 Å². The lowest BCUT2D eigenvalue weighted by atomic mass is 9.90. The fourth-order valence-electron chi connectivity index (χ4n) is 11.4. The van der Waals surface area contributed by atoms with Crippen LogP contribution >= 0.6 is 0 Å². The van der Waals surface area contributed by atoms with Crippen molar-refractivity contribution >= 4 is 126 Å². The minimum absolute atomic E-state index is 0.0581. The number of nitrogens with zero attached hydrogens (tertiary/aromatic N) is 3. The van der Waals surface area contributed by atoms with Crippen molar-refractivity contribution in [2.75, 3.05) is 0 Å². The van der Waals surface area contributed by atoms with Gasteiger partial charge in [-0.25, -0.2) is 9.98 Å². The van der Waals surface area contributed by atoms with Gasteiger partial charge in [-0.05, 0) is 116 Å². The predicted octanol–water partition coefficient (Wildman–Crippen LogP) is 17.5. The summed E-state index contributed by atoms with van der Waals surface area (Å²) in [7, 11) is 0. The number of amidine groups is 1. The van der Waals surface area contributed by atoms with Gasteiger partial charge in [0.2, 0.25) is 0 Å². The van der Waals surface area contributed by atoms with Crippen LogP contribution in [-0.4, -0.2) is 16.1 Å². The van der Waals surface area contributed by atoms with Crippen molar-refractivity contribution in [3.05, 3.63) is 229 Å². The van der Waals surface area contributed by atoms with Crippen molar-refractivity contribution in [3.63, 3.8) is 0 Å². The molecule has 70 heavy (non-hydrogen) atoms. The average Bonchev–Trinajstić information content (AvgIpc) is 4.08. The van der Waals surface area contributed by atoms with Gasteiger partial charge in [0.05, 0.1) is 39.1 Å². The van der Waals surface area contributed by atoms with E-state index in [1.807, 2.05) is 12.1 Å². The molecular weight excluding hydrogens is 855 g/mol. The number of hydrogen-bond donors (Lipinski definition) is 0. The summed E-state index contributed by atoms with van der Waals surface area (Å²) in [6, 6.07) is 74.0. The first-order valence-corrected chi connectivity index (χ1v) is 24.1. The molecule has 0 saturated carbocycles. The van der Waals surface area contributed by atoms with E-state index in [2.05, 4.69) is 212 Å². The number of aromatic nitrogens is 1. The van der Waals surface area contributed by atoms with E-state index >= 15 is 0 Å². The topological polar surface area (TPSA) is 55.9 Å². The lowest BCUT2D eigenvalue weighted by Crippen LogP contribution is -2.17. The minimum atomic E-state index is 0.0581. The largest absolute Gasteiger partial charge is 0.456 e. The molecule has 0 saturated heterocycles. The Morgan fingerprint density at radius 2 is 1.09 bits per heavy atom. The molecule has 1 unspecified atom stereocenters. The third-order valence-corrected chi connectivity index (χ3v) is 14.8. The summed E-state index contributed by atoms with van der Waals surface area (Å²) in [5.74, 6) is 0.653. The number of hydrogen-bond acceptors (Lipinski definition) is 4. The van der Waals surface area contributed by atoms with E-state index in [1.54, 1.807) is 0 Å². The van der Waals surface area contributed by atoms with Gasteiger partial charge in [0.1, 0.15) is 22.3 Å². The van der Waals surface area contributed by atoms with Crippen LogP contribution < -0.4 is 0 Å². The molecule has 0 fully saturated rings. The van der Waals surface area contributed by atoms with Gasteiger partial charge >= 0.3 is 0 Å². The lowest BCUT2D eigenvalue weighted by molar-refractivity contribution is 0.668. The summed E-state index contributed by atoms with van der Waals surface area (Å²) >= 11 is 0. The Morgan fingerprint density at radius 3 is 1.90 bits per heavy atom. The molecule has 1 atom stereocenters. The highest BCUT2D eigenvalue weighted by Crippen LogP contribution is 2.44. The Kier molecular flexibility index (Phi) is 8.34. The van der Waals surface area contributed by atoms with Gasteiger partial charge in [0.15, 0.2) is 5.84 Å². The van der Waals surface area contributed by atoms with Crippen LogP contribution in [0.15, 0.2) is 231 Å². The maximum Gasteiger partial charge on any atom is 0.163 e. The van der Waals surface area contributed by atoms with E-state index in [-0.39, 0.29) is 5.92 Å². The van der Waals surface area contributed by atoms with Crippen LogP contribution in [-0.2, 0) is 0 Å². The molecular formula is C65H41N3O2. The molecule has 1 aliphatic rings. The van der Waals surface area contributed by atoms with E-state index in [1.165, 1.54) is 43.1 Å². The summed E-state index contributed by atoms with van der Waals surface area (Å²) in [6.07, 6.45) is 3.04. The smallest absolute Gasteiger partial charge is 0.163 e. The zero-order chi connectivity index (χ0) is 46.0. The van der Waals surface area contributed by atoms with E-state index < -0.39 is 0 Å². The van der Waals surface area contributed by atoms with Gasteiger partial charge in [-0.2, -0.15) is 0 Å². The van der Waals surface area contributed by atoms with Crippen LogP contribution in [0.3, 0.4) is 0 Å². The summed E-state index contributed by atoms with van der Waals surface area (Å²) in [6.45, 7) is 2.28. The standard InChI is InChI=1S/C65H41N3O2/c1-38-25-29-54(45-27-32-59-51(35-45)48-22-10-11-24-58(48)69-59)66-65(67-63(38)49-23-12-19-39-13-6-8-20-46(39)49)50-28-31-56(62-53-34-42-16-3-5-18-44(42)37-60(53)70-64(50)62)68-55-30-26-40-14-7-9-21-47(40)61(55)52-33-41-15-2-4-17-43(41)36-57(52)68/h2-24,26-38H,25H2,1H3/b54-29+,66-65?,67-63?. The first-order chi connectivity index (χ1) is 34.6. The fraction of sp³-hybridized carbons (Fsp3) is 0.0462. The molecule has 3 aromatic heterocycles. The van der Waals surface area contributed by atoms with Crippen molar-refractivity contribution in [3.8, 4) is 5.69 Å². The molecule has 14 aromatic rings. The van der Waals surface area contributed by atoms with Gasteiger partial charge in [0, 0.05) is 44.0 Å². The zero-order valence-electron chi connectivity index (χ0n) is 38.1. The maximum absolute atomic E-state index is 7.30. The van der Waals surface area contributed by atoms with Gasteiger partial charge in [-0.3, -0.25) is 0 Å². The number of para-hydroxylation sites is 1. The van der Waals surface area contributed by atoms with E-state index in [9.17, 15) is 0 Å². The molecule has 5 heteroatoms. The summed E-state index contributed by atoms with van der Waals surface area (Å²) in [5.41, 5.74) is 11.3. The van der Waals surface area contributed by atoms with Gasteiger partial charge < -0.3 is 13.4 Å². The molecule has 1 aliphatic heterocycles. The Balaban J connectivity index is 1.05. The third-order valence-electron chi connectivity index (χ3n) is 14.8. The number of allylic oxidation sites excluding steroid dienone is 1. The van der Waals surface area contributed by atoms with Crippen molar-refractivity contribution in [2.45, 2.75) is 13.3 Å². The van der Waals surface area contributed by atoms with Crippen molar-refractivity contribution < 1.29 is 8.83 Å². The first-order valence-electron chi connectivity index (χ1n) is 24.1. The second kappa shape index (κ2) is 15.0. The Labute approximate surface area is 401 Å². The van der Waals surface area contributed by atoms with Crippen molar-refractivity contribution in [1.82, 2.24) is 4.57 Å². The maximum atomic E-state index is 7.30. The minimum Gasteiger partial charge on any atom is -0.456 e. The molecule has 5 nitrogen and oxygen atoms in total. The van der Waals surface area contributed by atoms with Gasteiger partial charge in [-0.15, -0.1) is 0 Å². The predicted molar refractivity (Wildman–Crippen MR) is 293 cm³/mol. The SMILES string of the molecule is CC1C/C=C(\c2ccc3oc4ccccc4c3c2)N=C(c2ccc(-n3c4cc5ccccc5cc4c4c5ccccc5ccc43)c3c2oc2cc4ccccc4cc23)N=C1c1cccc2ccccc12. The zero-order valence-corrected chi connectivity index (χ0v) is 38.1. The van der Waals surface area contributed by atoms with Crippen LogP contribution in [0.1, 0.15) is 30.0 Å². The molecule has 15 rings (SSSR count).